The van der Waals surface area contributed by atoms with E-state index < -0.39 is 0 Å². The minimum Gasteiger partial charge on any atom is -0.490 e. The smallest absolute Gasteiger partial charge is 0.293 e. The number of carbonyl (C=O) groups excluding carboxylic acids is 2. The summed E-state index contributed by atoms with van der Waals surface area (Å²) in [7, 11) is 1.47. The highest BCUT2D eigenvalue weighted by atomic mass is 32.2. The lowest BCUT2D eigenvalue weighted by Crippen LogP contribution is -2.22. The summed E-state index contributed by atoms with van der Waals surface area (Å²) in [6, 6.07) is 16.9. The summed E-state index contributed by atoms with van der Waals surface area (Å²) in [5, 5.41) is -0.272. The number of amides is 2. The molecule has 0 atom stereocenters. The van der Waals surface area contributed by atoms with Gasteiger partial charge in [0.05, 0.1) is 4.91 Å². The molecule has 128 valence electrons. The van der Waals surface area contributed by atoms with Crippen molar-refractivity contribution in [3.05, 3.63) is 65.1 Å². The molecule has 0 N–H and O–H groups in total. The molecule has 5 nitrogen and oxygen atoms in total. The zero-order valence-electron chi connectivity index (χ0n) is 13.7. The van der Waals surface area contributed by atoms with E-state index in [-0.39, 0.29) is 11.1 Å². The first-order valence-corrected chi connectivity index (χ1v) is 8.58. The van der Waals surface area contributed by atoms with Crippen LogP contribution in [0.5, 0.6) is 11.5 Å². The highest BCUT2D eigenvalue weighted by Crippen LogP contribution is 2.32. The first-order valence-electron chi connectivity index (χ1n) is 7.76. The lowest BCUT2D eigenvalue weighted by atomic mass is 10.2. The van der Waals surface area contributed by atoms with Gasteiger partial charge in [0.15, 0.2) is 0 Å². The number of thioether (sulfide) groups is 1. The van der Waals surface area contributed by atoms with Crippen molar-refractivity contribution in [3.63, 3.8) is 0 Å². The SMILES string of the molecule is CN1C(=O)S/C(=C/c2ccccc2OCCOc2ccccc2)C1=O. The number of nitrogens with zero attached hydrogens (tertiary/aromatic N) is 1. The van der Waals surface area contributed by atoms with Crippen molar-refractivity contribution in [2.75, 3.05) is 20.3 Å². The van der Waals surface area contributed by atoms with Gasteiger partial charge < -0.3 is 9.47 Å². The third-order valence-electron chi connectivity index (χ3n) is 3.54. The van der Waals surface area contributed by atoms with E-state index in [1.54, 1.807) is 6.08 Å². The van der Waals surface area contributed by atoms with Gasteiger partial charge in [-0.05, 0) is 36.0 Å². The molecule has 0 bridgehead atoms. The molecule has 3 rings (SSSR count). The maximum atomic E-state index is 12.0. The largest absolute Gasteiger partial charge is 0.490 e. The Morgan fingerprint density at radius 2 is 1.64 bits per heavy atom. The molecule has 0 radical (unpaired) electrons. The molecule has 1 aliphatic rings. The lowest BCUT2D eigenvalue weighted by molar-refractivity contribution is -0.121. The van der Waals surface area contributed by atoms with E-state index in [4.69, 9.17) is 9.47 Å². The molecule has 2 aromatic carbocycles. The average molecular weight is 355 g/mol. The van der Waals surface area contributed by atoms with E-state index >= 15 is 0 Å². The topological polar surface area (TPSA) is 55.8 Å². The van der Waals surface area contributed by atoms with Crippen LogP contribution in [0.4, 0.5) is 4.79 Å². The Kier molecular flexibility index (Phi) is 5.40. The molecule has 1 aliphatic heterocycles. The van der Waals surface area contributed by atoms with E-state index in [0.717, 1.165) is 28.0 Å². The number of para-hydroxylation sites is 2. The van der Waals surface area contributed by atoms with Crippen LogP contribution < -0.4 is 9.47 Å². The number of hydrogen-bond donors (Lipinski definition) is 0. The van der Waals surface area contributed by atoms with Crippen LogP contribution in [0.3, 0.4) is 0 Å². The van der Waals surface area contributed by atoms with Gasteiger partial charge >= 0.3 is 0 Å². The Balaban J connectivity index is 1.63. The van der Waals surface area contributed by atoms with Gasteiger partial charge in [-0.25, -0.2) is 0 Å². The summed E-state index contributed by atoms with van der Waals surface area (Å²) < 4.78 is 11.4. The maximum Gasteiger partial charge on any atom is 0.293 e. The van der Waals surface area contributed by atoms with Crippen molar-refractivity contribution < 1.29 is 19.1 Å². The van der Waals surface area contributed by atoms with Gasteiger partial charge in [-0.15, -0.1) is 0 Å². The van der Waals surface area contributed by atoms with Gasteiger partial charge in [0, 0.05) is 12.6 Å². The molecule has 1 fully saturated rings. The van der Waals surface area contributed by atoms with Crippen LogP contribution >= 0.6 is 11.8 Å². The molecule has 2 amide bonds. The van der Waals surface area contributed by atoms with Crippen LogP contribution in [-0.2, 0) is 4.79 Å². The first kappa shape index (κ1) is 17.1. The van der Waals surface area contributed by atoms with Crippen LogP contribution in [0.1, 0.15) is 5.56 Å². The number of likely N-dealkylation sites (N-methyl/N-ethyl adjacent to an activating group) is 1. The minimum absolute atomic E-state index is 0.272. The van der Waals surface area contributed by atoms with Crippen molar-refractivity contribution in [2.24, 2.45) is 0 Å². The summed E-state index contributed by atoms with van der Waals surface area (Å²) in [6.07, 6.45) is 1.68. The average Bonchev–Trinajstić information content (AvgIpc) is 2.88. The van der Waals surface area contributed by atoms with E-state index in [1.807, 2.05) is 54.6 Å². The normalized spacial score (nSPS) is 15.7. The van der Waals surface area contributed by atoms with Crippen molar-refractivity contribution in [1.82, 2.24) is 4.90 Å². The number of imide groups is 1. The Morgan fingerprint density at radius 1 is 0.960 bits per heavy atom. The second kappa shape index (κ2) is 7.90. The number of rotatable bonds is 6. The summed E-state index contributed by atoms with van der Waals surface area (Å²) >= 11 is 0.929. The summed E-state index contributed by atoms with van der Waals surface area (Å²) in [4.78, 5) is 25.1. The Hall–Kier alpha value is -2.73. The van der Waals surface area contributed by atoms with Crippen LogP contribution in [0.2, 0.25) is 0 Å². The fourth-order valence-electron chi connectivity index (χ4n) is 2.25. The number of hydrogen-bond acceptors (Lipinski definition) is 5. The highest BCUT2D eigenvalue weighted by Gasteiger charge is 2.31. The van der Waals surface area contributed by atoms with Crippen molar-refractivity contribution in [3.8, 4) is 11.5 Å². The predicted octanol–water partition coefficient (Wildman–Crippen LogP) is 3.81. The van der Waals surface area contributed by atoms with Gasteiger partial charge in [0.2, 0.25) is 0 Å². The molecule has 25 heavy (non-hydrogen) atoms. The fraction of sp³-hybridized carbons (Fsp3) is 0.158. The van der Waals surface area contributed by atoms with Crippen LogP contribution in [0.15, 0.2) is 59.5 Å². The molecular weight excluding hydrogens is 338 g/mol. The van der Waals surface area contributed by atoms with Gasteiger partial charge in [0.1, 0.15) is 24.7 Å². The maximum absolute atomic E-state index is 12.0. The minimum atomic E-state index is -0.294. The highest BCUT2D eigenvalue weighted by molar-refractivity contribution is 8.18. The van der Waals surface area contributed by atoms with Gasteiger partial charge in [-0.2, -0.15) is 0 Å². The van der Waals surface area contributed by atoms with Gasteiger partial charge in [-0.3, -0.25) is 14.5 Å². The Labute approximate surface area is 150 Å². The van der Waals surface area contributed by atoms with Crippen LogP contribution in [0, 0.1) is 0 Å². The lowest BCUT2D eigenvalue weighted by Gasteiger charge is -2.10. The first-order chi connectivity index (χ1) is 12.1. The molecule has 0 aliphatic carbocycles. The van der Waals surface area contributed by atoms with Gasteiger partial charge in [-0.1, -0.05) is 36.4 Å². The molecule has 0 aromatic heterocycles. The summed E-state index contributed by atoms with van der Waals surface area (Å²) in [6.45, 7) is 0.777. The number of benzene rings is 2. The van der Waals surface area contributed by atoms with Crippen LogP contribution in [0.25, 0.3) is 6.08 Å². The number of ether oxygens (including phenoxy) is 2. The summed E-state index contributed by atoms with van der Waals surface area (Å²) in [5.74, 6) is 1.13. The second-order valence-electron chi connectivity index (χ2n) is 5.29. The molecule has 0 unspecified atom stereocenters. The third kappa shape index (κ3) is 4.22. The van der Waals surface area contributed by atoms with E-state index in [2.05, 4.69) is 0 Å². The molecule has 2 aromatic rings. The Bertz CT molecular complexity index is 804. The second-order valence-corrected chi connectivity index (χ2v) is 6.28. The zero-order valence-corrected chi connectivity index (χ0v) is 14.5. The zero-order chi connectivity index (χ0) is 17.6. The summed E-state index contributed by atoms with van der Waals surface area (Å²) in [5.41, 5.74) is 0.751. The Morgan fingerprint density at radius 3 is 2.36 bits per heavy atom. The number of carbonyl (C=O) groups is 2. The molecule has 1 saturated heterocycles. The van der Waals surface area contributed by atoms with E-state index in [1.165, 1.54) is 7.05 Å². The van der Waals surface area contributed by atoms with Crippen molar-refractivity contribution in [1.29, 1.82) is 0 Å². The standard InChI is InChI=1S/C19H17NO4S/c1-20-18(21)17(25-19(20)22)13-14-7-5-6-10-16(14)24-12-11-23-15-8-3-2-4-9-15/h2-10,13H,11-12H2,1H3/b17-13+. The van der Waals surface area contributed by atoms with Crippen molar-refractivity contribution in [2.45, 2.75) is 0 Å². The van der Waals surface area contributed by atoms with Crippen molar-refractivity contribution >= 4 is 29.0 Å². The monoisotopic (exact) mass is 355 g/mol. The van der Waals surface area contributed by atoms with E-state index in [0.29, 0.717) is 23.9 Å². The fourth-order valence-corrected chi connectivity index (χ4v) is 3.06. The molecular formula is C19H17NO4S. The van der Waals surface area contributed by atoms with Crippen LogP contribution in [-0.4, -0.2) is 36.3 Å². The molecule has 0 saturated carbocycles. The van der Waals surface area contributed by atoms with Gasteiger partial charge in [0.25, 0.3) is 11.1 Å². The predicted molar refractivity (Wildman–Crippen MR) is 97.6 cm³/mol. The molecule has 1 heterocycles. The molecule has 6 heteroatoms. The third-order valence-corrected chi connectivity index (χ3v) is 4.51. The molecule has 0 spiro atoms. The van der Waals surface area contributed by atoms with E-state index in [9.17, 15) is 9.59 Å². The quantitative estimate of drug-likeness (QED) is 0.582.